The van der Waals surface area contributed by atoms with Crippen molar-refractivity contribution in [1.82, 2.24) is 79.1 Å². The lowest BCUT2D eigenvalue weighted by molar-refractivity contribution is -0.138. The Balaban J connectivity index is 0.000000143. The number of amides is 4. The van der Waals surface area contributed by atoms with Crippen LogP contribution in [0.1, 0.15) is 206 Å². The molecule has 3 aliphatic carbocycles. The standard InChI is InChI=1S/2C28H38F3N7O.C27H36F3N7O.C25H36BrN7O/c1-20-18-22(37-16-14-36(15-17-37)21-6-4-7-21)9-10-24(20)34-27-33-19-23(28(29,30)31)26(35-27)32-11-5-13-38-12-3-2-8-25(38)39;1-36-12-5-15-37(17-16-36)21-9-10-24(22(18-21)20-7-8-20)34-27-33-19-23(28(29,30)31)26(35-27)32-11-4-14-38-13-3-2-6-25(38)39;1-19-17-21(36-15-13-35(14-16-36)20-6-7-20)8-9-23(19)33-26-32-18-22(27(28,29)30)25(34-26)31-10-4-12-37-11-3-2-5-24(37)38;1-3-19-17-20(32-15-13-31(2)14-16-32)8-9-22(19)29-25-28-18-21(26)24(30-25)27-10-6-12-33-11-5-4-7-23(33)34/h9-10,18-19,21H,2-8,11-17H2,1H3,(H2,32,33,34,35);9-10,18-20H,2-8,11-17H2,1H3,(H2,32,33,34,35);8-9,17-18,20H,2-7,10-16H2,1H3,(H2,31,32,33,34);8-9,17-18H,3-7,10-16H2,1-2H3,(H2,27,28,29,30). The number of likely N-dealkylation sites (tertiary alicyclic amines) is 4. The molecule has 32 nitrogen and oxygen atoms in total. The van der Waals surface area contributed by atoms with Gasteiger partial charge in [-0.05, 0) is 280 Å². The highest BCUT2D eigenvalue weighted by atomic mass is 79.9. The number of carbonyl (C=O) groups is 4. The molecule has 8 aromatic rings. The summed E-state index contributed by atoms with van der Waals surface area (Å²) in [6.45, 7) is 29.7. The summed E-state index contributed by atoms with van der Waals surface area (Å²) in [6, 6.07) is 26.6. The predicted molar refractivity (Wildman–Crippen MR) is 577 cm³/mol. The van der Waals surface area contributed by atoms with E-state index < -0.39 is 35.2 Å². The predicted octanol–water partition coefficient (Wildman–Crippen LogP) is 18.9. The fourth-order valence-corrected chi connectivity index (χ4v) is 21.0. The second kappa shape index (κ2) is 52.6. The monoisotopic (exact) mass is 2150 g/mol. The van der Waals surface area contributed by atoms with Crippen LogP contribution in [0.4, 0.5) is 132 Å². The first-order chi connectivity index (χ1) is 72.4. The van der Waals surface area contributed by atoms with Gasteiger partial charge in [0.15, 0.2) is 0 Å². The van der Waals surface area contributed by atoms with Gasteiger partial charge in [0.05, 0.1) is 4.47 Å². The van der Waals surface area contributed by atoms with Gasteiger partial charge in [0.2, 0.25) is 47.4 Å². The Morgan fingerprint density at radius 3 is 1.03 bits per heavy atom. The minimum atomic E-state index is -4.58. The Kier molecular flexibility index (Phi) is 38.9. The number of nitrogens with one attached hydrogen (secondary N) is 8. The third kappa shape index (κ3) is 31.6. The number of likely N-dealkylation sites (N-methyl/N-ethyl adjacent to an activating group) is 2. The summed E-state index contributed by atoms with van der Waals surface area (Å²) in [5.74, 6) is 1.95. The van der Waals surface area contributed by atoms with Crippen LogP contribution in [0.3, 0.4) is 0 Å². The van der Waals surface area contributed by atoms with Crippen LogP contribution in [-0.2, 0) is 44.1 Å². The van der Waals surface area contributed by atoms with Crippen LogP contribution < -0.4 is 62.1 Å². The first-order valence-corrected chi connectivity index (χ1v) is 55.0. The van der Waals surface area contributed by atoms with E-state index in [0.717, 1.165) is 300 Å². The molecular weight excluding hydrogens is 2000 g/mol. The van der Waals surface area contributed by atoms with Crippen molar-refractivity contribution in [3.05, 3.63) is 141 Å². The number of benzene rings is 4. The molecule has 8 saturated heterocycles. The van der Waals surface area contributed by atoms with Gasteiger partial charge in [-0.15, -0.1) is 0 Å². The molecule has 4 aromatic heterocycles. The molecule has 150 heavy (non-hydrogen) atoms. The Hall–Kier alpha value is -11.6. The largest absolute Gasteiger partial charge is 0.421 e. The summed E-state index contributed by atoms with van der Waals surface area (Å²) in [4.78, 5) is 108. The summed E-state index contributed by atoms with van der Waals surface area (Å²) < 4.78 is 124. The lowest BCUT2D eigenvalue weighted by Crippen LogP contribution is -2.52. The van der Waals surface area contributed by atoms with E-state index in [-0.39, 0.29) is 78.6 Å². The van der Waals surface area contributed by atoms with Crippen LogP contribution in [0.5, 0.6) is 0 Å². The molecule has 12 heterocycles. The molecule has 0 bridgehead atoms. The van der Waals surface area contributed by atoms with Crippen molar-refractivity contribution in [2.45, 2.75) is 218 Å². The SMILES string of the molecule is CCc1cc(N2CCN(C)CC2)ccc1Nc1ncc(Br)c(NCCCN2CCCCC2=O)n1.CN1CCCN(c2ccc(Nc3ncc(C(F)(F)F)c(NCCCN4CCCCC4=O)n3)c(C3CC3)c2)CC1.Cc1cc(N2CCN(C3CC3)CC2)ccc1Nc1ncc(C(F)(F)F)c(NCCCN2CCCCC2=O)n1.Cc1cc(N2CCN(C3CCC3)CC2)ccc1Nc1ncc(C(F)(F)F)c(NCCCN2CCCCC2=O)n1. The average Bonchev–Trinajstić information content (AvgIpc) is 1.56. The molecule has 0 unspecified atom stereocenters. The van der Waals surface area contributed by atoms with Crippen LogP contribution in [0.25, 0.3) is 0 Å². The summed E-state index contributed by atoms with van der Waals surface area (Å²) >= 11 is 3.55. The highest BCUT2D eigenvalue weighted by Gasteiger charge is 2.41. The summed E-state index contributed by atoms with van der Waals surface area (Å²) in [5, 5.41) is 24.7. The van der Waals surface area contributed by atoms with E-state index in [1.165, 1.54) is 49.0 Å². The Labute approximate surface area is 883 Å². The molecule has 0 spiro atoms. The number of aromatic nitrogens is 8. The number of hydrogen-bond acceptors (Lipinski definition) is 28. The third-order valence-corrected chi connectivity index (χ3v) is 30.8. The highest BCUT2D eigenvalue weighted by Crippen LogP contribution is 2.47. The van der Waals surface area contributed by atoms with Crippen molar-refractivity contribution in [3.63, 3.8) is 0 Å². The number of nitrogens with zero attached hydrogens (tertiary/aromatic N) is 20. The molecule has 0 atom stereocenters. The van der Waals surface area contributed by atoms with Crippen molar-refractivity contribution >= 4 is 132 Å². The van der Waals surface area contributed by atoms with E-state index in [2.05, 4.69) is 201 Å². The van der Waals surface area contributed by atoms with Crippen LogP contribution in [-0.4, -0.2) is 312 Å². The Bertz CT molecular complexity index is 5800. The smallest absolute Gasteiger partial charge is 0.370 e. The molecule has 11 aliphatic rings. The normalized spacial score (nSPS) is 18.7. The van der Waals surface area contributed by atoms with E-state index in [9.17, 15) is 58.7 Å². The number of alkyl halides is 9. The third-order valence-electron chi connectivity index (χ3n) is 30.2. The summed E-state index contributed by atoms with van der Waals surface area (Å²) in [5.41, 5.74) is 9.77. The van der Waals surface area contributed by atoms with Crippen LogP contribution in [0, 0.1) is 13.8 Å². The molecule has 42 heteroatoms. The van der Waals surface area contributed by atoms with Crippen molar-refractivity contribution in [2.75, 3.05) is 259 Å². The van der Waals surface area contributed by atoms with Gasteiger partial charge in [-0.2, -0.15) is 59.4 Å². The quantitative estimate of drug-likeness (QED) is 0.0134. The topological polar surface area (TPSA) is 307 Å². The van der Waals surface area contributed by atoms with Crippen LogP contribution in [0.15, 0.2) is 102 Å². The molecule has 19 rings (SSSR count). The van der Waals surface area contributed by atoms with E-state index in [1.54, 1.807) is 20.9 Å². The number of hydrogen-bond donors (Lipinski definition) is 8. The second-order valence-electron chi connectivity index (χ2n) is 41.3. The first kappa shape index (κ1) is 111. The Morgan fingerprint density at radius 1 is 0.340 bits per heavy atom. The van der Waals surface area contributed by atoms with Gasteiger partial charge in [0.25, 0.3) is 0 Å². The van der Waals surface area contributed by atoms with Crippen molar-refractivity contribution in [3.8, 4) is 0 Å². The minimum Gasteiger partial charge on any atom is -0.370 e. The van der Waals surface area contributed by atoms with Gasteiger partial charge < -0.3 is 91.5 Å². The number of anilines is 16. The first-order valence-electron chi connectivity index (χ1n) is 54.2. The van der Waals surface area contributed by atoms with Crippen molar-refractivity contribution < 1.29 is 58.7 Å². The highest BCUT2D eigenvalue weighted by molar-refractivity contribution is 9.10. The van der Waals surface area contributed by atoms with Crippen LogP contribution >= 0.6 is 15.9 Å². The number of aryl methyl sites for hydroxylation is 3. The number of carbonyl (C=O) groups excluding carboxylic acids is 4. The van der Waals surface area contributed by atoms with Gasteiger partial charge in [-0.1, -0.05) is 13.3 Å². The summed E-state index contributed by atoms with van der Waals surface area (Å²) in [7, 11) is 4.33. The van der Waals surface area contributed by atoms with E-state index >= 15 is 0 Å². The van der Waals surface area contributed by atoms with E-state index in [1.807, 2.05) is 49.1 Å². The molecule has 4 amide bonds. The molecule has 0 radical (unpaired) electrons. The number of halogens is 10. The van der Waals surface area contributed by atoms with Gasteiger partial charge >= 0.3 is 18.5 Å². The van der Waals surface area contributed by atoms with Gasteiger partial charge in [-0.3, -0.25) is 29.0 Å². The zero-order chi connectivity index (χ0) is 105. The van der Waals surface area contributed by atoms with Gasteiger partial charge in [-0.25, -0.2) is 19.9 Å². The summed E-state index contributed by atoms with van der Waals surface area (Å²) in [6.07, 6.45) is 13.9. The zero-order valence-corrected chi connectivity index (χ0v) is 88.9. The molecule has 8 N–H and O–H groups in total. The van der Waals surface area contributed by atoms with Gasteiger partial charge in [0, 0.05) is 285 Å². The molecule has 11 fully saturated rings. The van der Waals surface area contributed by atoms with Gasteiger partial charge in [0.1, 0.15) is 40.0 Å². The molecular formula is C108H148BrF9N28O4. The lowest BCUT2D eigenvalue weighted by atomic mass is 9.91. The maximum Gasteiger partial charge on any atom is 0.421 e. The molecule has 4 aromatic carbocycles. The maximum absolute atomic E-state index is 13.7. The van der Waals surface area contributed by atoms with E-state index in [4.69, 9.17) is 0 Å². The van der Waals surface area contributed by atoms with Crippen molar-refractivity contribution in [2.24, 2.45) is 0 Å². The molecule has 814 valence electrons. The van der Waals surface area contributed by atoms with E-state index in [0.29, 0.717) is 96.1 Å². The Morgan fingerprint density at radius 2 is 0.667 bits per heavy atom. The van der Waals surface area contributed by atoms with Crippen molar-refractivity contribution in [1.29, 1.82) is 0 Å². The zero-order valence-electron chi connectivity index (χ0n) is 87.3. The maximum atomic E-state index is 13.7. The molecule has 8 aliphatic heterocycles. The fraction of sp³-hybridized carbons (Fsp3) is 0.593. The number of piperidine rings is 4. The lowest BCUT2D eigenvalue weighted by Gasteiger charge is -2.43. The second-order valence-corrected chi connectivity index (χ2v) is 42.1. The average molecular weight is 2150 g/mol. The number of piperazine rings is 3. The minimum absolute atomic E-state index is 0.0978. The fourth-order valence-electron chi connectivity index (χ4n) is 20.7. The molecule has 3 saturated carbocycles. The number of rotatable bonds is 36. The van der Waals surface area contributed by atoms with Crippen LogP contribution in [0.2, 0.25) is 0 Å².